The van der Waals surface area contributed by atoms with E-state index < -0.39 is 5.54 Å². The van der Waals surface area contributed by atoms with Crippen LogP contribution < -0.4 is 10.6 Å². The Morgan fingerprint density at radius 1 is 1.62 bits per heavy atom. The summed E-state index contributed by atoms with van der Waals surface area (Å²) in [5, 5.41) is 9.77. The second kappa shape index (κ2) is 4.25. The smallest absolute Gasteiger partial charge is 0.245 e. The maximum absolute atomic E-state index is 12.0. The minimum atomic E-state index is -0.481. The highest BCUT2D eigenvalue weighted by atomic mass is 16.5. The SMILES string of the molecule is Cc1cc(NC(=O)C2(C)CCCCN2)no1. The van der Waals surface area contributed by atoms with Gasteiger partial charge in [-0.3, -0.25) is 4.79 Å². The predicted molar refractivity (Wildman–Crippen MR) is 60.1 cm³/mol. The van der Waals surface area contributed by atoms with Gasteiger partial charge in [0.2, 0.25) is 5.91 Å². The Labute approximate surface area is 94.6 Å². The average Bonchev–Trinajstić information content (AvgIpc) is 2.65. The third-order valence-electron chi connectivity index (χ3n) is 2.99. The molecular weight excluding hydrogens is 206 g/mol. The number of carbonyl (C=O) groups is 1. The summed E-state index contributed by atoms with van der Waals surface area (Å²) in [5.41, 5.74) is -0.481. The molecule has 1 amide bonds. The number of hydrogen-bond donors (Lipinski definition) is 2. The van der Waals surface area contributed by atoms with Gasteiger partial charge in [0.15, 0.2) is 5.82 Å². The molecule has 1 fully saturated rings. The fourth-order valence-corrected chi connectivity index (χ4v) is 1.93. The average molecular weight is 223 g/mol. The van der Waals surface area contributed by atoms with E-state index in [4.69, 9.17) is 4.52 Å². The number of rotatable bonds is 2. The summed E-state index contributed by atoms with van der Waals surface area (Å²) in [6, 6.07) is 1.71. The number of amides is 1. The molecule has 88 valence electrons. The van der Waals surface area contributed by atoms with Crippen LogP contribution in [-0.4, -0.2) is 23.1 Å². The molecule has 1 aromatic heterocycles. The lowest BCUT2D eigenvalue weighted by atomic mass is 9.90. The van der Waals surface area contributed by atoms with Crippen LogP contribution in [0, 0.1) is 6.92 Å². The molecule has 1 aliphatic rings. The molecule has 1 unspecified atom stereocenters. The number of anilines is 1. The molecule has 1 saturated heterocycles. The molecule has 2 heterocycles. The van der Waals surface area contributed by atoms with Gasteiger partial charge in [-0.2, -0.15) is 0 Å². The van der Waals surface area contributed by atoms with E-state index in [1.807, 2.05) is 6.92 Å². The quantitative estimate of drug-likeness (QED) is 0.796. The Balaban J connectivity index is 2.01. The Morgan fingerprint density at radius 2 is 2.44 bits per heavy atom. The standard InChI is InChI=1S/C11H17N3O2/c1-8-7-9(14-16-8)13-10(15)11(2)5-3-4-6-12-11/h7,12H,3-6H2,1-2H3,(H,13,14,15). The largest absolute Gasteiger partial charge is 0.360 e. The fourth-order valence-electron chi connectivity index (χ4n) is 1.93. The Hall–Kier alpha value is -1.36. The van der Waals surface area contributed by atoms with Gasteiger partial charge in [0.1, 0.15) is 5.76 Å². The van der Waals surface area contributed by atoms with Gasteiger partial charge < -0.3 is 15.2 Å². The second-order valence-corrected chi connectivity index (χ2v) is 4.49. The maximum atomic E-state index is 12.0. The molecule has 0 aliphatic carbocycles. The highest BCUT2D eigenvalue weighted by Crippen LogP contribution is 2.20. The van der Waals surface area contributed by atoms with Crippen LogP contribution in [0.5, 0.6) is 0 Å². The topological polar surface area (TPSA) is 67.2 Å². The number of nitrogens with one attached hydrogen (secondary N) is 2. The molecule has 16 heavy (non-hydrogen) atoms. The number of aromatic nitrogens is 1. The van der Waals surface area contributed by atoms with Crippen LogP contribution in [0.25, 0.3) is 0 Å². The molecule has 1 atom stereocenters. The molecule has 0 radical (unpaired) electrons. The van der Waals surface area contributed by atoms with Crippen molar-refractivity contribution < 1.29 is 9.32 Å². The Morgan fingerprint density at radius 3 is 3.00 bits per heavy atom. The zero-order valence-electron chi connectivity index (χ0n) is 9.67. The van der Waals surface area contributed by atoms with Crippen LogP contribution in [0.4, 0.5) is 5.82 Å². The number of hydrogen-bond acceptors (Lipinski definition) is 4. The molecule has 2 N–H and O–H groups in total. The highest BCUT2D eigenvalue weighted by Gasteiger charge is 2.34. The summed E-state index contributed by atoms with van der Waals surface area (Å²) in [4.78, 5) is 12.0. The van der Waals surface area contributed by atoms with Crippen molar-refractivity contribution in [3.8, 4) is 0 Å². The molecule has 5 nitrogen and oxygen atoms in total. The van der Waals surface area contributed by atoms with Gasteiger partial charge in [-0.15, -0.1) is 0 Å². The summed E-state index contributed by atoms with van der Waals surface area (Å²) in [7, 11) is 0. The minimum absolute atomic E-state index is 0.0412. The first-order valence-electron chi connectivity index (χ1n) is 5.60. The maximum Gasteiger partial charge on any atom is 0.245 e. The zero-order chi connectivity index (χ0) is 11.6. The van der Waals surface area contributed by atoms with Crippen LogP contribution in [0.1, 0.15) is 31.9 Å². The molecule has 2 rings (SSSR count). The van der Waals surface area contributed by atoms with Crippen molar-refractivity contribution in [3.63, 3.8) is 0 Å². The van der Waals surface area contributed by atoms with Crippen molar-refractivity contribution in [3.05, 3.63) is 11.8 Å². The van der Waals surface area contributed by atoms with E-state index in [2.05, 4.69) is 15.8 Å². The minimum Gasteiger partial charge on any atom is -0.360 e. The lowest BCUT2D eigenvalue weighted by Gasteiger charge is -2.32. The van der Waals surface area contributed by atoms with Crippen LogP contribution >= 0.6 is 0 Å². The first-order chi connectivity index (χ1) is 7.60. The zero-order valence-corrected chi connectivity index (χ0v) is 9.67. The van der Waals surface area contributed by atoms with Gasteiger partial charge in [0.05, 0.1) is 5.54 Å². The van der Waals surface area contributed by atoms with Gasteiger partial charge in [-0.1, -0.05) is 5.16 Å². The molecule has 5 heteroatoms. The molecular formula is C11H17N3O2. The van der Waals surface area contributed by atoms with Crippen molar-refractivity contribution in [2.45, 2.75) is 38.6 Å². The highest BCUT2D eigenvalue weighted by molar-refractivity contribution is 5.97. The molecule has 0 spiro atoms. The van der Waals surface area contributed by atoms with E-state index in [0.29, 0.717) is 11.6 Å². The lowest BCUT2D eigenvalue weighted by molar-refractivity contribution is -0.122. The number of carbonyl (C=O) groups excluding carboxylic acids is 1. The van der Waals surface area contributed by atoms with Gasteiger partial charge in [-0.05, 0) is 39.7 Å². The van der Waals surface area contributed by atoms with Crippen LogP contribution in [0.3, 0.4) is 0 Å². The van der Waals surface area contributed by atoms with Gasteiger partial charge in [-0.25, -0.2) is 0 Å². The first-order valence-corrected chi connectivity index (χ1v) is 5.60. The van der Waals surface area contributed by atoms with Crippen molar-refractivity contribution in [2.24, 2.45) is 0 Å². The summed E-state index contributed by atoms with van der Waals surface area (Å²) < 4.78 is 4.90. The number of nitrogens with zero attached hydrogens (tertiary/aromatic N) is 1. The number of piperidine rings is 1. The molecule has 0 bridgehead atoms. The first kappa shape index (κ1) is 11.1. The van der Waals surface area contributed by atoms with Crippen molar-refractivity contribution >= 4 is 11.7 Å². The molecule has 0 aromatic carbocycles. The van der Waals surface area contributed by atoms with Gasteiger partial charge in [0.25, 0.3) is 0 Å². The van der Waals surface area contributed by atoms with Crippen molar-refractivity contribution in [1.29, 1.82) is 0 Å². The lowest BCUT2D eigenvalue weighted by Crippen LogP contribution is -2.54. The van der Waals surface area contributed by atoms with Gasteiger partial charge >= 0.3 is 0 Å². The Kier molecular flexibility index (Phi) is 2.96. The van der Waals surface area contributed by atoms with Crippen molar-refractivity contribution in [2.75, 3.05) is 11.9 Å². The van der Waals surface area contributed by atoms with E-state index in [9.17, 15) is 4.79 Å². The predicted octanol–water partition coefficient (Wildman–Crippen LogP) is 1.45. The van der Waals surface area contributed by atoms with E-state index in [-0.39, 0.29) is 5.91 Å². The van der Waals surface area contributed by atoms with E-state index in [0.717, 1.165) is 25.8 Å². The third kappa shape index (κ3) is 2.24. The van der Waals surface area contributed by atoms with Gasteiger partial charge in [0, 0.05) is 6.07 Å². The normalized spacial score (nSPS) is 25.4. The Bertz CT molecular complexity index is 380. The van der Waals surface area contributed by atoms with E-state index in [1.54, 1.807) is 13.0 Å². The summed E-state index contributed by atoms with van der Waals surface area (Å²) in [6.45, 7) is 4.61. The fraction of sp³-hybridized carbons (Fsp3) is 0.636. The second-order valence-electron chi connectivity index (χ2n) is 4.49. The van der Waals surface area contributed by atoms with E-state index >= 15 is 0 Å². The van der Waals surface area contributed by atoms with Crippen LogP contribution in [-0.2, 0) is 4.79 Å². The summed E-state index contributed by atoms with van der Waals surface area (Å²) >= 11 is 0. The molecule has 0 saturated carbocycles. The molecule has 1 aliphatic heterocycles. The monoisotopic (exact) mass is 223 g/mol. The number of aryl methyl sites for hydroxylation is 1. The van der Waals surface area contributed by atoms with E-state index in [1.165, 1.54) is 0 Å². The summed E-state index contributed by atoms with van der Waals surface area (Å²) in [5.74, 6) is 1.13. The van der Waals surface area contributed by atoms with Crippen LogP contribution in [0.15, 0.2) is 10.6 Å². The molecule has 1 aromatic rings. The van der Waals surface area contributed by atoms with Crippen LogP contribution in [0.2, 0.25) is 0 Å². The van der Waals surface area contributed by atoms with Crippen molar-refractivity contribution in [1.82, 2.24) is 10.5 Å². The summed E-state index contributed by atoms with van der Waals surface area (Å²) in [6.07, 6.45) is 3.07. The third-order valence-corrected chi connectivity index (χ3v) is 2.99.